The highest BCUT2D eigenvalue weighted by Crippen LogP contribution is 2.36. The molecular formula is C18H18N2O3. The summed E-state index contributed by atoms with van der Waals surface area (Å²) in [6.07, 6.45) is 0.200. The number of ether oxygens (including phenoxy) is 2. The molecule has 2 heterocycles. The first kappa shape index (κ1) is 14.2. The van der Waals surface area contributed by atoms with Crippen LogP contribution in [0.15, 0.2) is 40.9 Å². The van der Waals surface area contributed by atoms with Crippen molar-refractivity contribution in [2.24, 2.45) is 0 Å². The molecule has 0 radical (unpaired) electrons. The maximum Gasteiger partial charge on any atom is 0.229 e. The lowest BCUT2D eigenvalue weighted by Crippen LogP contribution is -2.05. The SMILES string of the molecule is CC(C)c1nc(-c2c(OCC3CO3)ccc3ccccc23)no1. The molecule has 0 saturated carbocycles. The molecule has 1 aliphatic heterocycles. The van der Waals surface area contributed by atoms with E-state index in [1.54, 1.807) is 0 Å². The zero-order chi connectivity index (χ0) is 15.8. The van der Waals surface area contributed by atoms with Crippen LogP contribution in [0.4, 0.5) is 0 Å². The number of fused-ring (bicyclic) bond motifs is 1. The predicted octanol–water partition coefficient (Wildman–Crippen LogP) is 3.79. The fraction of sp³-hybridized carbons (Fsp3) is 0.333. The van der Waals surface area contributed by atoms with Gasteiger partial charge in [0.1, 0.15) is 18.5 Å². The van der Waals surface area contributed by atoms with Gasteiger partial charge >= 0.3 is 0 Å². The van der Waals surface area contributed by atoms with Gasteiger partial charge in [0.15, 0.2) is 0 Å². The maximum absolute atomic E-state index is 5.95. The van der Waals surface area contributed by atoms with Crippen LogP contribution in [0, 0.1) is 0 Å². The third kappa shape index (κ3) is 2.80. The second-order valence-corrected chi connectivity index (χ2v) is 6.04. The van der Waals surface area contributed by atoms with Gasteiger partial charge in [-0.05, 0) is 16.8 Å². The third-order valence-electron chi connectivity index (χ3n) is 3.88. The van der Waals surface area contributed by atoms with Crippen LogP contribution >= 0.6 is 0 Å². The van der Waals surface area contributed by atoms with Gasteiger partial charge in [0.2, 0.25) is 11.7 Å². The molecule has 1 atom stereocenters. The maximum atomic E-state index is 5.95. The molecule has 118 valence electrons. The normalized spacial score (nSPS) is 16.9. The van der Waals surface area contributed by atoms with Crippen LogP contribution in [0.5, 0.6) is 5.75 Å². The molecule has 1 fully saturated rings. The summed E-state index contributed by atoms with van der Waals surface area (Å²) in [7, 11) is 0. The van der Waals surface area contributed by atoms with Gasteiger partial charge in [0.25, 0.3) is 0 Å². The van der Waals surface area contributed by atoms with Crippen LogP contribution in [0.3, 0.4) is 0 Å². The average Bonchev–Trinajstić information content (AvgIpc) is 3.26. The lowest BCUT2D eigenvalue weighted by Gasteiger charge is -2.11. The van der Waals surface area contributed by atoms with Gasteiger partial charge in [-0.2, -0.15) is 4.98 Å². The van der Waals surface area contributed by atoms with Crippen molar-refractivity contribution in [2.75, 3.05) is 13.2 Å². The molecule has 2 aromatic carbocycles. The summed E-state index contributed by atoms with van der Waals surface area (Å²) in [5.74, 6) is 2.15. The molecule has 0 amide bonds. The van der Waals surface area contributed by atoms with E-state index >= 15 is 0 Å². The van der Waals surface area contributed by atoms with E-state index in [-0.39, 0.29) is 12.0 Å². The molecule has 4 rings (SSSR count). The van der Waals surface area contributed by atoms with Crippen LogP contribution < -0.4 is 4.74 Å². The van der Waals surface area contributed by atoms with Crippen LogP contribution in [0.25, 0.3) is 22.2 Å². The van der Waals surface area contributed by atoms with Gasteiger partial charge in [-0.1, -0.05) is 49.3 Å². The molecule has 5 heteroatoms. The minimum absolute atomic E-state index is 0.190. The second-order valence-electron chi connectivity index (χ2n) is 6.04. The molecule has 0 bridgehead atoms. The highest BCUT2D eigenvalue weighted by atomic mass is 16.6. The fourth-order valence-electron chi connectivity index (χ4n) is 2.52. The number of epoxide rings is 1. The summed E-state index contributed by atoms with van der Waals surface area (Å²) >= 11 is 0. The topological polar surface area (TPSA) is 60.7 Å². The lowest BCUT2D eigenvalue weighted by atomic mass is 10.0. The van der Waals surface area contributed by atoms with Crippen molar-refractivity contribution in [3.05, 3.63) is 42.3 Å². The van der Waals surface area contributed by atoms with E-state index < -0.39 is 0 Å². The van der Waals surface area contributed by atoms with Gasteiger partial charge in [0.05, 0.1) is 12.2 Å². The van der Waals surface area contributed by atoms with Crippen molar-refractivity contribution in [3.63, 3.8) is 0 Å². The first-order valence-corrected chi connectivity index (χ1v) is 7.82. The van der Waals surface area contributed by atoms with Gasteiger partial charge in [-0.25, -0.2) is 0 Å². The van der Waals surface area contributed by atoms with Crippen LogP contribution in [0.2, 0.25) is 0 Å². The molecule has 0 aliphatic carbocycles. The molecule has 1 saturated heterocycles. The molecule has 3 aromatic rings. The summed E-state index contributed by atoms with van der Waals surface area (Å²) in [6.45, 7) is 5.37. The minimum atomic E-state index is 0.190. The summed E-state index contributed by atoms with van der Waals surface area (Å²) in [5, 5.41) is 6.34. The number of rotatable bonds is 5. The van der Waals surface area contributed by atoms with Crippen LogP contribution in [-0.2, 0) is 4.74 Å². The summed E-state index contributed by atoms with van der Waals surface area (Å²) in [5.41, 5.74) is 0.874. The second kappa shape index (κ2) is 5.66. The van der Waals surface area contributed by atoms with Crippen molar-refractivity contribution in [2.45, 2.75) is 25.9 Å². The molecule has 23 heavy (non-hydrogen) atoms. The Labute approximate surface area is 134 Å². The van der Waals surface area contributed by atoms with E-state index in [0.29, 0.717) is 18.3 Å². The van der Waals surface area contributed by atoms with E-state index in [0.717, 1.165) is 28.7 Å². The van der Waals surface area contributed by atoms with E-state index in [1.165, 1.54) is 0 Å². The Morgan fingerprint density at radius 3 is 2.78 bits per heavy atom. The molecule has 1 aromatic heterocycles. The Hall–Kier alpha value is -2.40. The zero-order valence-electron chi connectivity index (χ0n) is 13.2. The summed E-state index contributed by atoms with van der Waals surface area (Å²) in [4.78, 5) is 4.54. The fourth-order valence-corrected chi connectivity index (χ4v) is 2.52. The largest absolute Gasteiger partial charge is 0.490 e. The highest BCUT2D eigenvalue weighted by Gasteiger charge is 2.25. The van der Waals surface area contributed by atoms with Gasteiger partial charge in [-0.3, -0.25) is 0 Å². The lowest BCUT2D eigenvalue weighted by molar-refractivity contribution is 0.264. The van der Waals surface area contributed by atoms with Crippen molar-refractivity contribution < 1.29 is 14.0 Å². The number of hydrogen-bond acceptors (Lipinski definition) is 5. The van der Waals surface area contributed by atoms with Gasteiger partial charge in [-0.15, -0.1) is 0 Å². The molecule has 0 spiro atoms. The van der Waals surface area contributed by atoms with E-state index in [4.69, 9.17) is 14.0 Å². The van der Waals surface area contributed by atoms with Crippen molar-refractivity contribution in [1.29, 1.82) is 0 Å². The van der Waals surface area contributed by atoms with E-state index in [9.17, 15) is 0 Å². The Bertz CT molecular complexity index is 837. The van der Waals surface area contributed by atoms with Crippen LogP contribution in [0.1, 0.15) is 25.7 Å². The third-order valence-corrected chi connectivity index (χ3v) is 3.88. The highest BCUT2D eigenvalue weighted by molar-refractivity contribution is 5.98. The van der Waals surface area contributed by atoms with Gasteiger partial charge in [0, 0.05) is 5.92 Å². The van der Waals surface area contributed by atoms with Gasteiger partial charge < -0.3 is 14.0 Å². The number of aromatic nitrogens is 2. The van der Waals surface area contributed by atoms with E-state index in [2.05, 4.69) is 22.3 Å². The molecule has 5 nitrogen and oxygen atoms in total. The zero-order valence-corrected chi connectivity index (χ0v) is 13.2. The minimum Gasteiger partial charge on any atom is -0.490 e. The predicted molar refractivity (Wildman–Crippen MR) is 86.6 cm³/mol. The van der Waals surface area contributed by atoms with Crippen molar-refractivity contribution >= 4 is 10.8 Å². The molecule has 0 N–H and O–H groups in total. The molecule has 1 aliphatic rings. The smallest absolute Gasteiger partial charge is 0.229 e. The number of nitrogens with zero attached hydrogens (tertiary/aromatic N) is 2. The summed E-state index contributed by atoms with van der Waals surface area (Å²) in [6, 6.07) is 12.1. The first-order valence-electron chi connectivity index (χ1n) is 7.82. The Morgan fingerprint density at radius 2 is 2.04 bits per heavy atom. The Balaban J connectivity index is 1.83. The number of benzene rings is 2. The molecular weight excluding hydrogens is 292 g/mol. The standard InChI is InChI=1S/C18H18N2O3/c1-11(2)18-19-17(20-23-18)16-14-6-4-3-5-12(14)7-8-15(16)22-10-13-9-21-13/h3-8,11,13H,9-10H2,1-2H3. The Kier molecular flexibility index (Phi) is 3.50. The molecule has 1 unspecified atom stereocenters. The quantitative estimate of drug-likeness (QED) is 0.671. The van der Waals surface area contributed by atoms with Crippen molar-refractivity contribution in [3.8, 4) is 17.1 Å². The van der Waals surface area contributed by atoms with Crippen molar-refractivity contribution in [1.82, 2.24) is 10.1 Å². The first-order chi connectivity index (χ1) is 11.2. The Morgan fingerprint density at radius 1 is 1.22 bits per heavy atom. The summed E-state index contributed by atoms with van der Waals surface area (Å²) < 4.78 is 16.6. The number of hydrogen-bond donors (Lipinski definition) is 0. The monoisotopic (exact) mass is 310 g/mol. The van der Waals surface area contributed by atoms with Crippen LogP contribution in [-0.4, -0.2) is 29.5 Å². The van der Waals surface area contributed by atoms with E-state index in [1.807, 2.05) is 38.1 Å². The average molecular weight is 310 g/mol.